The van der Waals surface area contributed by atoms with E-state index in [1.165, 1.54) is 0 Å². The van der Waals surface area contributed by atoms with Crippen molar-refractivity contribution in [3.05, 3.63) is 53.3 Å². The molecule has 0 atom stereocenters. The highest BCUT2D eigenvalue weighted by Crippen LogP contribution is 2.27. The molecule has 0 saturated carbocycles. The van der Waals surface area contributed by atoms with E-state index in [2.05, 4.69) is 4.98 Å². The van der Waals surface area contributed by atoms with E-state index in [9.17, 15) is 0 Å². The smallest absolute Gasteiger partial charge is 0.129 e. The van der Waals surface area contributed by atoms with Crippen LogP contribution in [0.1, 0.15) is 5.56 Å². The van der Waals surface area contributed by atoms with Gasteiger partial charge in [-0.05, 0) is 29.8 Å². The summed E-state index contributed by atoms with van der Waals surface area (Å²) in [4.78, 5) is 5.04. The molecule has 16 heavy (non-hydrogen) atoms. The number of hydrogen-bond acceptors (Lipinski definition) is 3. The molecule has 2 aromatic rings. The minimum atomic E-state index is 0.527. The van der Waals surface area contributed by atoms with Crippen molar-refractivity contribution in [3.63, 3.8) is 0 Å². The van der Waals surface area contributed by atoms with Gasteiger partial charge in [0.2, 0.25) is 0 Å². The zero-order valence-corrected chi connectivity index (χ0v) is 10.1. The Morgan fingerprint density at radius 3 is 2.81 bits per heavy atom. The first-order chi connectivity index (χ1) is 7.75. The van der Waals surface area contributed by atoms with Crippen molar-refractivity contribution in [3.8, 4) is 0 Å². The largest absolute Gasteiger partial charge is 0.398 e. The molecule has 0 fully saturated rings. The van der Waals surface area contributed by atoms with Crippen LogP contribution in [-0.4, -0.2) is 4.98 Å². The van der Waals surface area contributed by atoms with E-state index in [0.717, 1.165) is 21.9 Å². The molecule has 1 heterocycles. The molecule has 4 heteroatoms. The molecule has 0 saturated heterocycles. The Morgan fingerprint density at radius 1 is 1.25 bits per heavy atom. The van der Waals surface area contributed by atoms with Gasteiger partial charge in [0.15, 0.2) is 0 Å². The van der Waals surface area contributed by atoms with Crippen LogP contribution in [-0.2, 0) is 5.75 Å². The Bertz CT molecular complexity index is 488. The number of nitrogen functional groups attached to an aromatic ring is 1. The second-order valence-electron chi connectivity index (χ2n) is 3.31. The molecule has 0 radical (unpaired) electrons. The Kier molecular flexibility index (Phi) is 3.70. The fraction of sp³-hybridized carbons (Fsp3) is 0.0833. The van der Waals surface area contributed by atoms with Crippen LogP contribution in [0.2, 0.25) is 5.15 Å². The predicted octanol–water partition coefficient (Wildman–Crippen LogP) is 3.61. The number of thioether (sulfide) groups is 1. The van der Waals surface area contributed by atoms with Crippen molar-refractivity contribution in [1.29, 1.82) is 0 Å². The minimum Gasteiger partial charge on any atom is -0.398 e. The van der Waals surface area contributed by atoms with Crippen molar-refractivity contribution in [1.82, 2.24) is 4.98 Å². The van der Waals surface area contributed by atoms with E-state index in [1.807, 2.05) is 36.4 Å². The third-order valence-electron chi connectivity index (χ3n) is 2.10. The second-order valence-corrected chi connectivity index (χ2v) is 4.72. The van der Waals surface area contributed by atoms with Crippen LogP contribution >= 0.6 is 23.4 Å². The quantitative estimate of drug-likeness (QED) is 0.514. The molecule has 0 amide bonds. The summed E-state index contributed by atoms with van der Waals surface area (Å²) in [5, 5.41) is 0.527. The topological polar surface area (TPSA) is 38.9 Å². The van der Waals surface area contributed by atoms with E-state index >= 15 is 0 Å². The van der Waals surface area contributed by atoms with Crippen LogP contribution in [0.3, 0.4) is 0 Å². The number of benzene rings is 1. The molecule has 82 valence electrons. The van der Waals surface area contributed by atoms with Gasteiger partial charge in [0.1, 0.15) is 5.15 Å². The summed E-state index contributed by atoms with van der Waals surface area (Å²) in [5.74, 6) is 0.844. The van der Waals surface area contributed by atoms with Crippen LogP contribution in [0.4, 0.5) is 5.69 Å². The van der Waals surface area contributed by atoms with Crippen LogP contribution in [0, 0.1) is 0 Å². The lowest BCUT2D eigenvalue weighted by atomic mass is 10.3. The molecule has 0 bridgehead atoms. The van der Waals surface area contributed by atoms with E-state index in [0.29, 0.717) is 5.15 Å². The maximum Gasteiger partial charge on any atom is 0.129 e. The number of aromatic nitrogens is 1. The summed E-state index contributed by atoms with van der Waals surface area (Å²) in [6.45, 7) is 0. The standard InChI is InChI=1S/C12H11ClN2S/c13-12-7-9(5-6-15-12)8-16-11-4-2-1-3-10(11)14/h1-7H,8,14H2. The zero-order valence-electron chi connectivity index (χ0n) is 8.56. The first-order valence-corrected chi connectivity index (χ1v) is 6.20. The molecular formula is C12H11ClN2S. The van der Waals surface area contributed by atoms with Crippen molar-refractivity contribution in [2.75, 3.05) is 5.73 Å². The van der Waals surface area contributed by atoms with E-state index in [-0.39, 0.29) is 0 Å². The van der Waals surface area contributed by atoms with Gasteiger partial charge in [-0.1, -0.05) is 23.7 Å². The van der Waals surface area contributed by atoms with Gasteiger partial charge in [-0.2, -0.15) is 0 Å². The van der Waals surface area contributed by atoms with Gasteiger partial charge in [0, 0.05) is 22.5 Å². The number of hydrogen-bond donors (Lipinski definition) is 1. The first-order valence-electron chi connectivity index (χ1n) is 4.83. The predicted molar refractivity (Wildman–Crippen MR) is 69.7 cm³/mol. The van der Waals surface area contributed by atoms with E-state index < -0.39 is 0 Å². The highest BCUT2D eigenvalue weighted by molar-refractivity contribution is 7.98. The molecule has 0 aliphatic carbocycles. The van der Waals surface area contributed by atoms with Crippen molar-refractivity contribution in [2.24, 2.45) is 0 Å². The molecule has 0 unspecified atom stereocenters. The monoisotopic (exact) mass is 250 g/mol. The number of nitrogens with two attached hydrogens (primary N) is 1. The lowest BCUT2D eigenvalue weighted by molar-refractivity contribution is 1.27. The molecule has 0 aliphatic heterocycles. The number of pyridine rings is 1. The molecule has 1 aromatic carbocycles. The molecular weight excluding hydrogens is 240 g/mol. The van der Waals surface area contributed by atoms with Crippen LogP contribution < -0.4 is 5.73 Å². The SMILES string of the molecule is Nc1ccccc1SCc1ccnc(Cl)c1. The number of nitrogens with zero attached hydrogens (tertiary/aromatic N) is 1. The normalized spacial score (nSPS) is 10.3. The summed E-state index contributed by atoms with van der Waals surface area (Å²) in [7, 11) is 0. The summed E-state index contributed by atoms with van der Waals surface area (Å²) in [6, 6.07) is 11.7. The van der Waals surface area contributed by atoms with Crippen LogP contribution in [0.5, 0.6) is 0 Å². The molecule has 0 aliphatic rings. The first kappa shape index (κ1) is 11.3. The van der Waals surface area contributed by atoms with Gasteiger partial charge in [-0.15, -0.1) is 11.8 Å². The average molecular weight is 251 g/mol. The van der Waals surface area contributed by atoms with Crippen molar-refractivity contribution < 1.29 is 0 Å². The molecule has 2 nitrogen and oxygen atoms in total. The maximum atomic E-state index is 5.86. The van der Waals surface area contributed by atoms with E-state index in [4.69, 9.17) is 17.3 Å². The molecule has 0 spiro atoms. The fourth-order valence-electron chi connectivity index (χ4n) is 1.31. The maximum absolute atomic E-state index is 5.86. The number of rotatable bonds is 3. The molecule has 2 N–H and O–H groups in total. The number of anilines is 1. The van der Waals surface area contributed by atoms with Crippen molar-refractivity contribution >= 4 is 29.1 Å². The minimum absolute atomic E-state index is 0.527. The number of para-hydroxylation sites is 1. The van der Waals surface area contributed by atoms with Gasteiger partial charge in [-0.25, -0.2) is 4.98 Å². The third kappa shape index (κ3) is 2.90. The summed E-state index contributed by atoms with van der Waals surface area (Å²) in [5.41, 5.74) is 7.81. The summed E-state index contributed by atoms with van der Waals surface area (Å²) < 4.78 is 0. The highest BCUT2D eigenvalue weighted by Gasteiger charge is 2.00. The molecule has 1 aromatic heterocycles. The van der Waals surface area contributed by atoms with Crippen LogP contribution in [0.25, 0.3) is 0 Å². The summed E-state index contributed by atoms with van der Waals surface area (Å²) in [6.07, 6.45) is 1.71. The average Bonchev–Trinajstić information content (AvgIpc) is 2.28. The Balaban J connectivity index is 2.05. The highest BCUT2D eigenvalue weighted by atomic mass is 35.5. The fourth-order valence-corrected chi connectivity index (χ4v) is 2.41. The number of halogens is 1. The van der Waals surface area contributed by atoms with E-state index in [1.54, 1.807) is 18.0 Å². The van der Waals surface area contributed by atoms with Gasteiger partial charge in [0.05, 0.1) is 0 Å². The van der Waals surface area contributed by atoms with Gasteiger partial charge in [-0.3, -0.25) is 0 Å². The molecule has 2 rings (SSSR count). The Hall–Kier alpha value is -1.19. The van der Waals surface area contributed by atoms with Crippen molar-refractivity contribution in [2.45, 2.75) is 10.6 Å². The van der Waals surface area contributed by atoms with Crippen LogP contribution in [0.15, 0.2) is 47.5 Å². The third-order valence-corrected chi connectivity index (χ3v) is 3.47. The lowest BCUT2D eigenvalue weighted by Gasteiger charge is -2.04. The Morgan fingerprint density at radius 2 is 2.06 bits per heavy atom. The zero-order chi connectivity index (χ0) is 11.4. The second kappa shape index (κ2) is 5.23. The lowest BCUT2D eigenvalue weighted by Crippen LogP contribution is -1.88. The van der Waals surface area contributed by atoms with Gasteiger partial charge in [0.25, 0.3) is 0 Å². The van der Waals surface area contributed by atoms with Gasteiger partial charge >= 0.3 is 0 Å². The Labute approximate surface area is 104 Å². The summed E-state index contributed by atoms with van der Waals surface area (Å²) >= 11 is 7.51. The van der Waals surface area contributed by atoms with Gasteiger partial charge < -0.3 is 5.73 Å².